The Morgan fingerprint density at radius 2 is 1.94 bits per heavy atom. The number of carbonyl (C=O) groups excluding carboxylic acids is 3. The van der Waals surface area contributed by atoms with Crippen molar-refractivity contribution in [2.75, 3.05) is 6.54 Å². The molecule has 2 amide bonds. The van der Waals surface area contributed by atoms with E-state index in [4.69, 9.17) is 23.2 Å². The van der Waals surface area contributed by atoms with Gasteiger partial charge in [-0.15, -0.1) is 5.10 Å². The second-order valence-corrected chi connectivity index (χ2v) is 8.44. The summed E-state index contributed by atoms with van der Waals surface area (Å²) < 4.78 is 1.21. The van der Waals surface area contributed by atoms with Crippen LogP contribution in [0.15, 0.2) is 18.2 Å². The molecule has 1 saturated heterocycles. The van der Waals surface area contributed by atoms with E-state index in [2.05, 4.69) is 20.8 Å². The minimum absolute atomic E-state index is 0.143. The molecule has 2 aromatic rings. The van der Waals surface area contributed by atoms with E-state index in [1.54, 1.807) is 18.2 Å². The topological polar surface area (TPSA) is 147 Å². The Balaban J connectivity index is 1.74. The number of hydrogen-bond acceptors (Lipinski definition) is 7. The first kappa shape index (κ1) is 24.6. The SMILES string of the molecule is CC(=O)N1CCC[C@H]1C(=O)NC(CC(=O)O)C(=O)Cn1nnnc1Cc1c(Cl)cccc1Cl. The van der Waals surface area contributed by atoms with Crippen LogP contribution >= 0.6 is 23.2 Å². The van der Waals surface area contributed by atoms with Crippen LogP contribution in [0, 0.1) is 0 Å². The molecule has 2 heterocycles. The molecule has 0 saturated carbocycles. The highest BCUT2D eigenvalue weighted by molar-refractivity contribution is 6.36. The number of Topliss-reactive ketones (excluding diaryl/α,β-unsaturated/α-hetero) is 1. The highest BCUT2D eigenvalue weighted by atomic mass is 35.5. The van der Waals surface area contributed by atoms with Crippen molar-refractivity contribution in [1.29, 1.82) is 0 Å². The minimum Gasteiger partial charge on any atom is -0.481 e. The third-order valence-corrected chi connectivity index (χ3v) is 6.06. The van der Waals surface area contributed by atoms with Gasteiger partial charge in [0.15, 0.2) is 11.6 Å². The summed E-state index contributed by atoms with van der Waals surface area (Å²) in [5.41, 5.74) is 0.574. The summed E-state index contributed by atoms with van der Waals surface area (Å²) in [7, 11) is 0. The molecule has 176 valence electrons. The molecule has 1 aliphatic heterocycles. The van der Waals surface area contributed by atoms with Crippen LogP contribution in [0.3, 0.4) is 0 Å². The van der Waals surface area contributed by atoms with E-state index in [-0.39, 0.29) is 24.7 Å². The second kappa shape index (κ2) is 10.7. The summed E-state index contributed by atoms with van der Waals surface area (Å²) in [4.78, 5) is 50.1. The molecule has 0 radical (unpaired) electrons. The van der Waals surface area contributed by atoms with E-state index in [1.807, 2.05) is 0 Å². The van der Waals surface area contributed by atoms with E-state index < -0.39 is 36.2 Å². The number of rotatable bonds is 9. The lowest BCUT2D eigenvalue weighted by Gasteiger charge is -2.24. The summed E-state index contributed by atoms with van der Waals surface area (Å²) in [6.45, 7) is 1.42. The van der Waals surface area contributed by atoms with Gasteiger partial charge in [0.25, 0.3) is 0 Å². The third-order valence-electron chi connectivity index (χ3n) is 5.35. The lowest BCUT2D eigenvalue weighted by molar-refractivity contribution is -0.142. The maximum atomic E-state index is 12.9. The van der Waals surface area contributed by atoms with Gasteiger partial charge in [-0.3, -0.25) is 19.2 Å². The first-order valence-corrected chi connectivity index (χ1v) is 10.9. The second-order valence-electron chi connectivity index (χ2n) is 7.63. The van der Waals surface area contributed by atoms with Crippen molar-refractivity contribution in [1.82, 2.24) is 30.4 Å². The molecule has 1 aromatic heterocycles. The van der Waals surface area contributed by atoms with Crippen molar-refractivity contribution in [3.8, 4) is 0 Å². The molecule has 0 aliphatic carbocycles. The predicted molar refractivity (Wildman–Crippen MR) is 117 cm³/mol. The molecule has 13 heteroatoms. The zero-order chi connectivity index (χ0) is 24.1. The Morgan fingerprint density at radius 1 is 1.24 bits per heavy atom. The number of hydrogen-bond donors (Lipinski definition) is 2. The Bertz CT molecular complexity index is 1050. The number of aromatic nitrogens is 4. The standard InChI is InChI=1S/C20H22Cl2N6O5/c1-11(29)27-7-3-6-16(27)20(33)23-15(9-19(31)32)17(30)10-28-18(24-25-26-28)8-12-13(21)4-2-5-14(12)22/h2,4-5,15-16H,3,6-10H2,1H3,(H,23,33)(H,31,32)/t15?,16-/m0/s1. The first-order chi connectivity index (χ1) is 15.7. The summed E-state index contributed by atoms with van der Waals surface area (Å²) in [5.74, 6) is -2.40. The van der Waals surface area contributed by atoms with Gasteiger partial charge in [0, 0.05) is 29.9 Å². The zero-order valence-corrected chi connectivity index (χ0v) is 19.2. The van der Waals surface area contributed by atoms with E-state index >= 15 is 0 Å². The molecule has 0 bridgehead atoms. The number of amides is 2. The number of carboxylic acid groups (broad SMARTS) is 1. The van der Waals surface area contributed by atoms with E-state index in [9.17, 15) is 24.3 Å². The molecule has 1 fully saturated rings. The molecule has 0 spiro atoms. The predicted octanol–water partition coefficient (Wildman–Crippen LogP) is 1.11. The summed E-state index contributed by atoms with van der Waals surface area (Å²) in [6, 6.07) is 2.96. The van der Waals surface area contributed by atoms with Gasteiger partial charge < -0.3 is 15.3 Å². The van der Waals surface area contributed by atoms with Gasteiger partial charge in [0.1, 0.15) is 12.6 Å². The average molecular weight is 497 g/mol. The van der Waals surface area contributed by atoms with Crippen molar-refractivity contribution in [3.05, 3.63) is 39.6 Å². The normalized spacial score (nSPS) is 16.5. The number of ketones is 1. The molecule has 1 aromatic carbocycles. The number of carbonyl (C=O) groups is 4. The number of nitrogens with zero attached hydrogens (tertiary/aromatic N) is 5. The van der Waals surface area contributed by atoms with Crippen LogP contribution in [0.25, 0.3) is 0 Å². The lowest BCUT2D eigenvalue weighted by atomic mass is 10.1. The van der Waals surface area contributed by atoms with Gasteiger partial charge in [0.2, 0.25) is 11.8 Å². The van der Waals surface area contributed by atoms with E-state index in [0.29, 0.717) is 35.0 Å². The largest absolute Gasteiger partial charge is 0.481 e. The van der Waals surface area contributed by atoms with Crippen LogP contribution in [0.5, 0.6) is 0 Å². The van der Waals surface area contributed by atoms with Crippen molar-refractivity contribution >= 4 is 46.8 Å². The van der Waals surface area contributed by atoms with Crippen molar-refractivity contribution in [2.45, 2.75) is 51.2 Å². The van der Waals surface area contributed by atoms with Crippen molar-refractivity contribution in [2.24, 2.45) is 0 Å². The molecule has 11 nitrogen and oxygen atoms in total. The van der Waals surface area contributed by atoms with Gasteiger partial charge in [0.05, 0.1) is 12.5 Å². The van der Waals surface area contributed by atoms with Crippen molar-refractivity contribution < 1.29 is 24.3 Å². The molecule has 1 unspecified atom stereocenters. The van der Waals surface area contributed by atoms with Crippen LogP contribution in [0.1, 0.15) is 37.6 Å². The number of tetrazole rings is 1. The van der Waals surface area contributed by atoms with Crippen LogP contribution in [0.2, 0.25) is 10.0 Å². The fraction of sp³-hybridized carbons (Fsp3) is 0.450. The average Bonchev–Trinajstić information content (AvgIpc) is 3.39. The van der Waals surface area contributed by atoms with Crippen LogP contribution in [-0.2, 0) is 32.1 Å². The third kappa shape index (κ3) is 6.05. The highest BCUT2D eigenvalue weighted by Crippen LogP contribution is 2.26. The lowest BCUT2D eigenvalue weighted by Crippen LogP contribution is -2.51. The summed E-state index contributed by atoms with van der Waals surface area (Å²) >= 11 is 12.4. The van der Waals surface area contributed by atoms with Crippen LogP contribution in [0.4, 0.5) is 0 Å². The minimum atomic E-state index is -1.31. The number of carboxylic acids is 1. The summed E-state index contributed by atoms with van der Waals surface area (Å²) in [5, 5.41) is 23.8. The molecular weight excluding hydrogens is 475 g/mol. The fourth-order valence-corrected chi connectivity index (χ4v) is 4.22. The number of aliphatic carboxylic acids is 1. The summed E-state index contributed by atoms with van der Waals surface area (Å²) in [6.07, 6.45) is 0.610. The van der Waals surface area contributed by atoms with Gasteiger partial charge in [-0.1, -0.05) is 29.3 Å². The van der Waals surface area contributed by atoms with Gasteiger partial charge in [-0.2, -0.15) is 0 Å². The monoisotopic (exact) mass is 496 g/mol. The number of halogens is 2. The van der Waals surface area contributed by atoms with Crippen LogP contribution < -0.4 is 5.32 Å². The highest BCUT2D eigenvalue weighted by Gasteiger charge is 2.35. The van der Waals surface area contributed by atoms with Crippen LogP contribution in [-0.4, -0.2) is 72.4 Å². The van der Waals surface area contributed by atoms with E-state index in [1.165, 1.54) is 16.5 Å². The zero-order valence-electron chi connectivity index (χ0n) is 17.7. The molecule has 33 heavy (non-hydrogen) atoms. The molecular formula is C20H22Cl2N6O5. The molecule has 1 aliphatic rings. The fourth-order valence-electron chi connectivity index (χ4n) is 3.69. The quantitative estimate of drug-likeness (QED) is 0.524. The van der Waals surface area contributed by atoms with Gasteiger partial charge in [-0.25, -0.2) is 4.68 Å². The maximum Gasteiger partial charge on any atom is 0.305 e. The smallest absolute Gasteiger partial charge is 0.305 e. The number of nitrogens with one attached hydrogen (secondary N) is 1. The Labute approximate surface area is 199 Å². The maximum absolute atomic E-state index is 12.9. The first-order valence-electron chi connectivity index (χ1n) is 10.2. The van der Waals surface area contributed by atoms with Gasteiger partial charge >= 0.3 is 5.97 Å². The number of benzene rings is 1. The Hall–Kier alpha value is -3.05. The molecule has 2 N–H and O–H groups in total. The Morgan fingerprint density at radius 3 is 2.58 bits per heavy atom. The van der Waals surface area contributed by atoms with Crippen molar-refractivity contribution in [3.63, 3.8) is 0 Å². The van der Waals surface area contributed by atoms with Gasteiger partial charge in [-0.05, 0) is 41.0 Å². The molecule has 2 atom stereocenters. The number of likely N-dealkylation sites (tertiary alicyclic amines) is 1. The van der Waals surface area contributed by atoms with E-state index in [0.717, 1.165) is 0 Å². The molecule has 3 rings (SSSR count). The Kier molecular flexibility index (Phi) is 7.98.